The maximum Gasteiger partial charge on any atom is 0.223 e. The summed E-state index contributed by atoms with van der Waals surface area (Å²) in [7, 11) is 1.54. The van der Waals surface area contributed by atoms with Gasteiger partial charge in [0.05, 0.1) is 18.4 Å². The van der Waals surface area contributed by atoms with Crippen molar-refractivity contribution in [1.29, 1.82) is 5.26 Å². The molecule has 4 nitrogen and oxygen atoms in total. The zero-order valence-electron chi connectivity index (χ0n) is 10.7. The highest BCUT2D eigenvalue weighted by Crippen LogP contribution is 2.33. The zero-order valence-corrected chi connectivity index (χ0v) is 10.7. The number of ether oxygens (including phenoxy) is 1. The number of hydrogen-bond acceptors (Lipinski definition) is 3. The van der Waals surface area contributed by atoms with Crippen molar-refractivity contribution in [3.63, 3.8) is 0 Å². The molecule has 0 aromatic heterocycles. The van der Waals surface area contributed by atoms with Crippen LogP contribution in [-0.2, 0) is 11.2 Å². The predicted molar refractivity (Wildman–Crippen MR) is 68.7 cm³/mol. The number of rotatable bonds is 1. The van der Waals surface area contributed by atoms with Crippen molar-refractivity contribution < 1.29 is 9.53 Å². The fourth-order valence-corrected chi connectivity index (χ4v) is 2.35. The molecule has 0 saturated heterocycles. The highest BCUT2D eigenvalue weighted by Gasteiger charge is 2.20. The van der Waals surface area contributed by atoms with Crippen LogP contribution in [0.1, 0.15) is 30.9 Å². The van der Waals surface area contributed by atoms with Gasteiger partial charge in [-0.1, -0.05) is 0 Å². The third-order valence-electron chi connectivity index (χ3n) is 3.27. The molecule has 0 fully saturated rings. The summed E-state index contributed by atoms with van der Waals surface area (Å²) in [4.78, 5) is 13.5. The van der Waals surface area contributed by atoms with E-state index in [9.17, 15) is 4.79 Å². The van der Waals surface area contributed by atoms with E-state index in [1.807, 2.05) is 6.07 Å². The van der Waals surface area contributed by atoms with E-state index in [0.717, 1.165) is 37.1 Å². The van der Waals surface area contributed by atoms with Gasteiger partial charge in [-0.2, -0.15) is 5.26 Å². The van der Waals surface area contributed by atoms with Gasteiger partial charge in [0.2, 0.25) is 5.91 Å². The van der Waals surface area contributed by atoms with Gasteiger partial charge in [-0.05, 0) is 30.9 Å². The van der Waals surface area contributed by atoms with Crippen LogP contribution in [0.5, 0.6) is 5.75 Å². The first-order chi connectivity index (χ1) is 8.67. The summed E-state index contributed by atoms with van der Waals surface area (Å²) in [6.07, 6.45) is 2.92. The molecular formula is C14H16N2O2. The van der Waals surface area contributed by atoms with E-state index in [1.165, 1.54) is 7.11 Å². The minimum atomic E-state index is 0.0323. The molecule has 0 unspecified atom stereocenters. The summed E-state index contributed by atoms with van der Waals surface area (Å²) < 4.78 is 5.21. The minimum absolute atomic E-state index is 0.0323. The first-order valence-corrected chi connectivity index (χ1v) is 6.06. The van der Waals surface area contributed by atoms with Crippen molar-refractivity contribution in [1.82, 2.24) is 0 Å². The van der Waals surface area contributed by atoms with Crippen LogP contribution in [0.4, 0.5) is 5.69 Å². The Balaban J connectivity index is 2.57. The average molecular weight is 244 g/mol. The number of nitriles is 1. The number of nitrogens with zero attached hydrogens (tertiary/aromatic N) is 2. The summed E-state index contributed by atoms with van der Waals surface area (Å²) in [5, 5.41) is 9.09. The molecule has 1 amide bonds. The second-order valence-electron chi connectivity index (χ2n) is 4.42. The van der Waals surface area contributed by atoms with Crippen LogP contribution in [0.2, 0.25) is 0 Å². The van der Waals surface area contributed by atoms with Crippen LogP contribution in [0.15, 0.2) is 12.1 Å². The Labute approximate surface area is 107 Å². The van der Waals surface area contributed by atoms with E-state index in [4.69, 9.17) is 10.00 Å². The van der Waals surface area contributed by atoms with Crippen molar-refractivity contribution in [2.24, 2.45) is 0 Å². The number of amides is 1. The van der Waals surface area contributed by atoms with Gasteiger partial charge in [0, 0.05) is 19.5 Å². The normalized spacial score (nSPS) is 14.4. The molecule has 18 heavy (non-hydrogen) atoms. The summed E-state index contributed by atoms with van der Waals surface area (Å²) in [6, 6.07) is 5.78. The second-order valence-corrected chi connectivity index (χ2v) is 4.42. The van der Waals surface area contributed by atoms with Crippen molar-refractivity contribution >= 4 is 11.6 Å². The van der Waals surface area contributed by atoms with Gasteiger partial charge in [-0.15, -0.1) is 0 Å². The molecule has 0 radical (unpaired) electrons. The molecule has 1 aliphatic heterocycles. The minimum Gasteiger partial charge on any atom is -0.495 e. The van der Waals surface area contributed by atoms with E-state index < -0.39 is 0 Å². The molecule has 1 aromatic rings. The largest absolute Gasteiger partial charge is 0.495 e. The lowest BCUT2D eigenvalue weighted by molar-refractivity contribution is -0.116. The van der Waals surface area contributed by atoms with Gasteiger partial charge >= 0.3 is 0 Å². The van der Waals surface area contributed by atoms with Gasteiger partial charge in [-0.3, -0.25) is 4.79 Å². The highest BCUT2D eigenvalue weighted by molar-refractivity contribution is 5.93. The summed E-state index contributed by atoms with van der Waals surface area (Å²) in [5.41, 5.74) is 2.47. The molecule has 0 spiro atoms. The third-order valence-corrected chi connectivity index (χ3v) is 3.27. The number of hydrogen-bond donors (Lipinski definition) is 0. The molecule has 1 aliphatic rings. The molecule has 0 bridgehead atoms. The molecule has 94 valence electrons. The van der Waals surface area contributed by atoms with Gasteiger partial charge in [-0.25, -0.2) is 0 Å². The Morgan fingerprint density at radius 1 is 1.44 bits per heavy atom. The lowest BCUT2D eigenvalue weighted by Crippen LogP contribution is -2.29. The van der Waals surface area contributed by atoms with Crippen molar-refractivity contribution in [3.05, 3.63) is 23.3 Å². The first-order valence-electron chi connectivity index (χ1n) is 6.06. The van der Waals surface area contributed by atoms with Crippen LogP contribution < -0.4 is 9.64 Å². The molecule has 1 aromatic carbocycles. The maximum atomic E-state index is 11.7. The predicted octanol–water partition coefficient (Wildman–Crippen LogP) is 2.26. The lowest BCUT2D eigenvalue weighted by atomic mass is 10.0. The number of anilines is 1. The number of fused-ring (bicyclic) bond motifs is 1. The molecule has 0 N–H and O–H groups in total. The van der Waals surface area contributed by atoms with Gasteiger partial charge < -0.3 is 9.64 Å². The number of benzene rings is 1. The molecule has 0 saturated carbocycles. The van der Waals surface area contributed by atoms with Gasteiger partial charge in [0.25, 0.3) is 0 Å². The Bertz CT molecular complexity index is 517. The van der Waals surface area contributed by atoms with E-state index in [-0.39, 0.29) is 5.91 Å². The molecule has 0 aliphatic carbocycles. The van der Waals surface area contributed by atoms with Gasteiger partial charge in [0.1, 0.15) is 11.8 Å². The SMILES string of the molecule is COc1cc2c(cc1C#N)CCCCN2C(C)=O. The lowest BCUT2D eigenvalue weighted by Gasteiger charge is -2.22. The number of carbonyl (C=O) groups is 1. The fraction of sp³-hybridized carbons (Fsp3) is 0.429. The molecule has 0 atom stereocenters. The number of carbonyl (C=O) groups excluding carboxylic acids is 1. The summed E-state index contributed by atoms with van der Waals surface area (Å²) >= 11 is 0. The second kappa shape index (κ2) is 5.09. The van der Waals surface area contributed by atoms with Crippen molar-refractivity contribution in [2.45, 2.75) is 26.2 Å². The van der Waals surface area contributed by atoms with Crippen LogP contribution in [0, 0.1) is 11.3 Å². The highest BCUT2D eigenvalue weighted by atomic mass is 16.5. The maximum absolute atomic E-state index is 11.7. The molecule has 2 rings (SSSR count). The van der Waals surface area contributed by atoms with E-state index >= 15 is 0 Å². The average Bonchev–Trinajstić information content (AvgIpc) is 2.58. The van der Waals surface area contributed by atoms with Crippen LogP contribution in [-0.4, -0.2) is 19.6 Å². The smallest absolute Gasteiger partial charge is 0.223 e. The molecule has 1 heterocycles. The third kappa shape index (κ3) is 2.17. The Hall–Kier alpha value is -2.02. The topological polar surface area (TPSA) is 53.3 Å². The number of methoxy groups -OCH3 is 1. The first kappa shape index (κ1) is 12.4. The number of aryl methyl sites for hydroxylation is 1. The van der Waals surface area contributed by atoms with Crippen molar-refractivity contribution in [3.8, 4) is 11.8 Å². The van der Waals surface area contributed by atoms with Crippen molar-refractivity contribution in [2.75, 3.05) is 18.6 Å². The Kier molecular flexibility index (Phi) is 3.52. The Morgan fingerprint density at radius 3 is 2.83 bits per heavy atom. The van der Waals surface area contributed by atoms with Crippen LogP contribution in [0.25, 0.3) is 0 Å². The zero-order chi connectivity index (χ0) is 13.1. The molecule has 4 heteroatoms. The summed E-state index contributed by atoms with van der Waals surface area (Å²) in [5.74, 6) is 0.564. The Morgan fingerprint density at radius 2 is 2.22 bits per heavy atom. The van der Waals surface area contributed by atoms with Crippen LogP contribution in [0.3, 0.4) is 0 Å². The van der Waals surface area contributed by atoms with Crippen LogP contribution >= 0.6 is 0 Å². The monoisotopic (exact) mass is 244 g/mol. The standard InChI is InChI=1S/C14H16N2O2/c1-10(17)16-6-4-3-5-11-7-12(9-15)14(18-2)8-13(11)16/h7-8H,3-6H2,1-2H3. The van der Waals surface area contributed by atoms with Gasteiger partial charge in [0.15, 0.2) is 0 Å². The van der Waals surface area contributed by atoms with E-state index in [1.54, 1.807) is 17.9 Å². The quantitative estimate of drug-likeness (QED) is 0.761. The summed E-state index contributed by atoms with van der Waals surface area (Å²) in [6.45, 7) is 2.30. The van der Waals surface area contributed by atoms with E-state index in [2.05, 4.69) is 6.07 Å². The van der Waals surface area contributed by atoms with E-state index in [0.29, 0.717) is 11.3 Å². The fourth-order valence-electron chi connectivity index (χ4n) is 2.35. The molecular weight excluding hydrogens is 228 g/mol.